The van der Waals surface area contributed by atoms with Crippen molar-refractivity contribution >= 4 is 17.7 Å². The number of piperidine rings is 1. The lowest BCUT2D eigenvalue weighted by Gasteiger charge is -2.32. The third kappa shape index (κ3) is 4.58. The fourth-order valence-electron chi connectivity index (χ4n) is 4.04. The van der Waals surface area contributed by atoms with Crippen molar-refractivity contribution in [2.75, 3.05) is 18.8 Å². The van der Waals surface area contributed by atoms with E-state index in [4.69, 9.17) is 0 Å². The molecule has 0 bridgehead atoms. The summed E-state index contributed by atoms with van der Waals surface area (Å²) < 4.78 is 15.5. The molecular weight excluding hydrogens is 415 g/mol. The van der Waals surface area contributed by atoms with Gasteiger partial charge in [0.15, 0.2) is 0 Å². The fraction of sp³-hybridized carbons (Fsp3) is 0.348. The fourth-order valence-corrected chi connectivity index (χ4v) is 4.84. The maximum atomic E-state index is 14.2. The molecule has 0 atom stereocenters. The van der Waals surface area contributed by atoms with E-state index in [1.165, 1.54) is 10.6 Å². The van der Waals surface area contributed by atoms with Crippen LogP contribution in [0.2, 0.25) is 0 Å². The Morgan fingerprint density at radius 1 is 1.16 bits per heavy atom. The van der Waals surface area contributed by atoms with Gasteiger partial charge in [0.1, 0.15) is 11.6 Å². The Bertz CT molecular complexity index is 1120. The number of benzene rings is 2. The third-order valence-electron chi connectivity index (χ3n) is 5.63. The zero-order valence-electron chi connectivity index (χ0n) is 17.4. The molecule has 4 rings (SSSR count). The van der Waals surface area contributed by atoms with Crippen molar-refractivity contribution in [1.29, 1.82) is 0 Å². The van der Waals surface area contributed by atoms with Crippen LogP contribution >= 0.6 is 11.8 Å². The van der Waals surface area contributed by atoms with Crippen molar-refractivity contribution in [3.8, 4) is 5.69 Å². The zero-order valence-corrected chi connectivity index (χ0v) is 18.2. The lowest BCUT2D eigenvalue weighted by Crippen LogP contribution is -2.39. The van der Waals surface area contributed by atoms with Crippen LogP contribution in [-0.4, -0.2) is 44.4 Å². The van der Waals surface area contributed by atoms with Crippen LogP contribution in [0.1, 0.15) is 35.9 Å². The second-order valence-electron chi connectivity index (χ2n) is 7.60. The average Bonchev–Trinajstić information content (AvgIpc) is 3.14. The van der Waals surface area contributed by atoms with E-state index in [9.17, 15) is 14.0 Å². The molecule has 0 saturated carbocycles. The quantitative estimate of drug-likeness (QED) is 0.590. The van der Waals surface area contributed by atoms with Crippen molar-refractivity contribution in [2.24, 2.45) is 5.92 Å². The first-order valence-corrected chi connectivity index (χ1v) is 11.5. The number of H-pyrrole nitrogens is 1. The summed E-state index contributed by atoms with van der Waals surface area (Å²) in [5.74, 6) is 1.31. The molecule has 0 unspecified atom stereocenters. The van der Waals surface area contributed by atoms with E-state index in [1.807, 2.05) is 29.2 Å². The van der Waals surface area contributed by atoms with Gasteiger partial charge in [-0.25, -0.2) is 18.9 Å². The number of carbonyl (C=O) groups is 1. The van der Waals surface area contributed by atoms with Crippen molar-refractivity contribution in [1.82, 2.24) is 19.7 Å². The molecule has 8 heteroatoms. The van der Waals surface area contributed by atoms with Crippen molar-refractivity contribution in [3.05, 3.63) is 76.2 Å². The average molecular weight is 441 g/mol. The standard InChI is InChI=1S/C23H25FN4O2S/c1-2-31-20-10-6-3-7-17(20)22(29)27-13-11-16(12-14-27)15-21-25-26-23(30)28(21)19-9-5-4-8-18(19)24/h3-10,16H,2,11-15H2,1H3,(H,26,30). The molecule has 6 nitrogen and oxygen atoms in total. The number of thioether (sulfide) groups is 1. The number of halogens is 1. The Morgan fingerprint density at radius 2 is 1.87 bits per heavy atom. The summed E-state index contributed by atoms with van der Waals surface area (Å²) in [4.78, 5) is 28.2. The lowest BCUT2D eigenvalue weighted by molar-refractivity contribution is 0.0686. The van der Waals surface area contributed by atoms with Crippen LogP contribution in [0.25, 0.3) is 5.69 Å². The van der Waals surface area contributed by atoms with E-state index < -0.39 is 11.5 Å². The Balaban J connectivity index is 1.44. The van der Waals surface area contributed by atoms with Gasteiger partial charge in [-0.2, -0.15) is 5.10 Å². The molecule has 2 heterocycles. The second-order valence-corrected chi connectivity index (χ2v) is 8.91. The van der Waals surface area contributed by atoms with Crippen LogP contribution in [0.3, 0.4) is 0 Å². The minimum Gasteiger partial charge on any atom is -0.339 e. The van der Waals surface area contributed by atoms with Gasteiger partial charge in [0, 0.05) is 24.4 Å². The number of nitrogens with zero attached hydrogens (tertiary/aromatic N) is 3. The first-order valence-electron chi connectivity index (χ1n) is 10.5. The first kappa shape index (κ1) is 21.4. The Labute approximate surface area is 184 Å². The second kappa shape index (κ2) is 9.51. The molecule has 0 spiro atoms. The number of amides is 1. The summed E-state index contributed by atoms with van der Waals surface area (Å²) in [5.41, 5.74) is 0.514. The van der Waals surface area contributed by atoms with Crippen LogP contribution < -0.4 is 5.69 Å². The molecule has 3 aromatic rings. The number of hydrogen-bond donors (Lipinski definition) is 1. The van der Waals surface area contributed by atoms with Gasteiger partial charge in [-0.3, -0.25) is 4.79 Å². The van der Waals surface area contributed by atoms with E-state index in [1.54, 1.807) is 30.0 Å². The predicted octanol–water partition coefficient (Wildman–Crippen LogP) is 3.91. The highest BCUT2D eigenvalue weighted by Crippen LogP contribution is 2.27. The molecule has 0 aliphatic carbocycles. The number of rotatable bonds is 6. The van der Waals surface area contributed by atoms with Gasteiger partial charge in [0.25, 0.3) is 5.91 Å². The summed E-state index contributed by atoms with van der Waals surface area (Å²) in [7, 11) is 0. The molecule has 1 aliphatic rings. The van der Waals surface area contributed by atoms with Crippen LogP contribution in [0.4, 0.5) is 4.39 Å². The molecule has 31 heavy (non-hydrogen) atoms. The number of nitrogens with one attached hydrogen (secondary N) is 1. The van der Waals surface area contributed by atoms with E-state index in [2.05, 4.69) is 17.1 Å². The normalized spacial score (nSPS) is 14.7. The number of aromatic amines is 1. The molecule has 2 aromatic carbocycles. The number of hydrogen-bond acceptors (Lipinski definition) is 4. The van der Waals surface area contributed by atoms with E-state index >= 15 is 0 Å². The van der Waals surface area contributed by atoms with Crippen LogP contribution in [-0.2, 0) is 6.42 Å². The highest BCUT2D eigenvalue weighted by atomic mass is 32.2. The summed E-state index contributed by atoms with van der Waals surface area (Å²) in [6.45, 7) is 3.39. The van der Waals surface area contributed by atoms with Crippen molar-refractivity contribution in [3.63, 3.8) is 0 Å². The van der Waals surface area contributed by atoms with E-state index in [-0.39, 0.29) is 17.5 Å². The largest absolute Gasteiger partial charge is 0.348 e. The minimum atomic E-state index is -0.462. The summed E-state index contributed by atoms with van der Waals surface area (Å²) in [5, 5.41) is 6.58. The van der Waals surface area contributed by atoms with Crippen molar-refractivity contribution < 1.29 is 9.18 Å². The topological polar surface area (TPSA) is 71.0 Å². The molecule has 1 N–H and O–H groups in total. The Hall–Kier alpha value is -2.87. The monoisotopic (exact) mass is 440 g/mol. The molecule has 1 fully saturated rings. The van der Waals surface area contributed by atoms with Gasteiger partial charge in [-0.05, 0) is 48.8 Å². The smallest absolute Gasteiger partial charge is 0.339 e. The predicted molar refractivity (Wildman–Crippen MR) is 119 cm³/mol. The molecular formula is C23H25FN4O2S. The van der Waals surface area contributed by atoms with Gasteiger partial charge >= 0.3 is 5.69 Å². The van der Waals surface area contributed by atoms with Gasteiger partial charge in [0.05, 0.1) is 11.3 Å². The minimum absolute atomic E-state index is 0.0676. The van der Waals surface area contributed by atoms with Gasteiger partial charge < -0.3 is 4.90 Å². The Kier molecular flexibility index (Phi) is 6.56. The SMILES string of the molecule is CCSc1ccccc1C(=O)N1CCC(Cc2n[nH]c(=O)n2-c2ccccc2F)CC1. The molecule has 1 aliphatic heterocycles. The molecule has 162 valence electrons. The van der Waals surface area contributed by atoms with Gasteiger partial charge in [-0.1, -0.05) is 31.2 Å². The number of para-hydroxylation sites is 1. The van der Waals surface area contributed by atoms with Gasteiger partial charge in [0.2, 0.25) is 0 Å². The lowest BCUT2D eigenvalue weighted by atomic mass is 9.92. The number of likely N-dealkylation sites (tertiary alicyclic amines) is 1. The van der Waals surface area contributed by atoms with Crippen molar-refractivity contribution in [2.45, 2.75) is 31.1 Å². The number of aromatic nitrogens is 3. The summed E-state index contributed by atoms with van der Waals surface area (Å²) >= 11 is 1.68. The highest BCUT2D eigenvalue weighted by Gasteiger charge is 2.27. The first-order chi connectivity index (χ1) is 15.1. The van der Waals surface area contributed by atoms with E-state index in [0.29, 0.717) is 25.3 Å². The third-order valence-corrected chi connectivity index (χ3v) is 6.58. The van der Waals surface area contributed by atoms with E-state index in [0.717, 1.165) is 29.1 Å². The molecule has 1 amide bonds. The van der Waals surface area contributed by atoms with Crippen LogP contribution in [0.15, 0.2) is 58.2 Å². The Morgan fingerprint density at radius 3 is 2.61 bits per heavy atom. The summed E-state index contributed by atoms with van der Waals surface area (Å²) in [6, 6.07) is 13.9. The molecule has 1 saturated heterocycles. The maximum Gasteiger partial charge on any atom is 0.348 e. The number of carbonyl (C=O) groups excluding carboxylic acids is 1. The molecule has 1 aromatic heterocycles. The maximum absolute atomic E-state index is 14.2. The zero-order chi connectivity index (χ0) is 21.8. The summed E-state index contributed by atoms with van der Waals surface area (Å²) in [6.07, 6.45) is 2.18. The van der Waals surface area contributed by atoms with Crippen LogP contribution in [0, 0.1) is 11.7 Å². The molecule has 0 radical (unpaired) electrons. The van der Waals surface area contributed by atoms with Crippen LogP contribution in [0.5, 0.6) is 0 Å². The van der Waals surface area contributed by atoms with Gasteiger partial charge in [-0.15, -0.1) is 11.8 Å². The highest BCUT2D eigenvalue weighted by molar-refractivity contribution is 7.99.